The van der Waals surface area contributed by atoms with Crippen molar-refractivity contribution < 1.29 is 0 Å². The predicted molar refractivity (Wildman–Crippen MR) is 49.7 cm³/mol. The second-order valence-electron chi connectivity index (χ2n) is 4.41. The van der Waals surface area contributed by atoms with Crippen LogP contribution in [-0.4, -0.2) is 25.0 Å². The Bertz CT molecular complexity index is 105. The summed E-state index contributed by atoms with van der Waals surface area (Å²) in [6, 6.07) is 0. The Hall–Kier alpha value is -0.0400. The Kier molecular flexibility index (Phi) is 3.38. The summed E-state index contributed by atoms with van der Waals surface area (Å²) in [5.41, 5.74) is 0. The van der Waals surface area contributed by atoms with Crippen LogP contribution in [-0.2, 0) is 0 Å². The molecule has 0 aromatic heterocycles. The van der Waals surface area contributed by atoms with Crippen LogP contribution in [0.25, 0.3) is 0 Å². The van der Waals surface area contributed by atoms with Crippen molar-refractivity contribution in [2.45, 2.75) is 33.1 Å². The van der Waals surface area contributed by atoms with Crippen LogP contribution in [0.4, 0.5) is 0 Å². The van der Waals surface area contributed by atoms with Crippen molar-refractivity contribution in [3.05, 3.63) is 0 Å². The van der Waals surface area contributed by atoms with Crippen molar-refractivity contribution >= 4 is 0 Å². The summed E-state index contributed by atoms with van der Waals surface area (Å²) >= 11 is 0. The zero-order chi connectivity index (χ0) is 8.27. The molecule has 1 saturated carbocycles. The Morgan fingerprint density at radius 2 is 2.00 bits per heavy atom. The highest BCUT2D eigenvalue weighted by Gasteiger charge is 2.18. The van der Waals surface area contributed by atoms with Crippen LogP contribution >= 0.6 is 0 Å². The third-order valence-corrected chi connectivity index (χ3v) is 2.47. The molecule has 1 aliphatic carbocycles. The molecule has 0 saturated heterocycles. The molecule has 0 radical (unpaired) electrons. The largest absolute Gasteiger partial charge is 0.306 e. The van der Waals surface area contributed by atoms with E-state index in [4.69, 9.17) is 0 Å². The van der Waals surface area contributed by atoms with Gasteiger partial charge < -0.3 is 4.90 Å². The number of nitrogens with zero attached hydrogens (tertiary/aromatic N) is 1. The molecule has 0 unspecified atom stereocenters. The minimum Gasteiger partial charge on any atom is -0.306 e. The summed E-state index contributed by atoms with van der Waals surface area (Å²) in [5.74, 6) is 1.85. The Labute approximate surface area is 70.8 Å². The molecule has 1 fully saturated rings. The molecule has 0 N–H and O–H groups in total. The summed E-state index contributed by atoms with van der Waals surface area (Å²) in [6.07, 6.45) is 4.42. The van der Waals surface area contributed by atoms with Crippen LogP contribution in [0.3, 0.4) is 0 Å². The number of hydrogen-bond acceptors (Lipinski definition) is 1. The molecule has 11 heavy (non-hydrogen) atoms. The van der Waals surface area contributed by atoms with Gasteiger partial charge in [-0.05, 0) is 31.7 Å². The van der Waals surface area contributed by atoms with Crippen LogP contribution in [0.5, 0.6) is 0 Å². The standard InChI is InChI=1S/C10H21N/c1-9(2)7-11(3)8-10-5-4-6-10/h9-10H,4-8H2,1-3H3. The van der Waals surface area contributed by atoms with Crippen LogP contribution in [0, 0.1) is 11.8 Å². The lowest BCUT2D eigenvalue weighted by Crippen LogP contribution is -2.31. The molecule has 66 valence electrons. The zero-order valence-electron chi connectivity index (χ0n) is 8.14. The molecular formula is C10H21N. The van der Waals surface area contributed by atoms with E-state index in [-0.39, 0.29) is 0 Å². The van der Waals surface area contributed by atoms with E-state index in [9.17, 15) is 0 Å². The first-order valence-corrected chi connectivity index (χ1v) is 4.87. The van der Waals surface area contributed by atoms with Crippen molar-refractivity contribution in [3.8, 4) is 0 Å². The van der Waals surface area contributed by atoms with Gasteiger partial charge in [0.2, 0.25) is 0 Å². The molecule has 1 heteroatoms. The van der Waals surface area contributed by atoms with Gasteiger partial charge in [0.25, 0.3) is 0 Å². The van der Waals surface area contributed by atoms with Gasteiger partial charge in [-0.2, -0.15) is 0 Å². The molecule has 0 heterocycles. The van der Waals surface area contributed by atoms with E-state index in [1.807, 2.05) is 0 Å². The normalized spacial score (nSPS) is 19.4. The first-order chi connectivity index (χ1) is 5.18. The predicted octanol–water partition coefficient (Wildman–Crippen LogP) is 2.37. The van der Waals surface area contributed by atoms with Crippen molar-refractivity contribution in [1.82, 2.24) is 4.90 Å². The smallest absolute Gasteiger partial charge is 0.000672 e. The molecular weight excluding hydrogens is 134 g/mol. The average Bonchev–Trinajstić information content (AvgIpc) is 1.77. The second kappa shape index (κ2) is 4.10. The van der Waals surface area contributed by atoms with E-state index in [1.165, 1.54) is 32.4 Å². The molecule has 0 amide bonds. The third-order valence-electron chi connectivity index (χ3n) is 2.47. The SMILES string of the molecule is CC(C)CN(C)CC1CCC1. The Morgan fingerprint density at radius 1 is 1.36 bits per heavy atom. The summed E-state index contributed by atoms with van der Waals surface area (Å²) in [6.45, 7) is 7.17. The summed E-state index contributed by atoms with van der Waals surface area (Å²) in [7, 11) is 2.25. The fraction of sp³-hybridized carbons (Fsp3) is 1.00. The lowest BCUT2D eigenvalue weighted by molar-refractivity contribution is 0.192. The van der Waals surface area contributed by atoms with Gasteiger partial charge in [-0.1, -0.05) is 20.3 Å². The van der Waals surface area contributed by atoms with Gasteiger partial charge in [-0.3, -0.25) is 0 Å². The van der Waals surface area contributed by atoms with Crippen LogP contribution in [0.2, 0.25) is 0 Å². The van der Waals surface area contributed by atoms with Gasteiger partial charge >= 0.3 is 0 Å². The van der Waals surface area contributed by atoms with Crippen molar-refractivity contribution in [3.63, 3.8) is 0 Å². The van der Waals surface area contributed by atoms with E-state index in [1.54, 1.807) is 0 Å². The molecule has 0 aromatic rings. The van der Waals surface area contributed by atoms with Crippen LogP contribution < -0.4 is 0 Å². The molecule has 0 bridgehead atoms. The van der Waals surface area contributed by atoms with E-state index in [0.717, 1.165) is 11.8 Å². The van der Waals surface area contributed by atoms with Gasteiger partial charge in [0.1, 0.15) is 0 Å². The molecule has 1 rings (SSSR count). The quantitative estimate of drug-likeness (QED) is 0.602. The number of hydrogen-bond donors (Lipinski definition) is 0. The first kappa shape index (κ1) is 9.05. The van der Waals surface area contributed by atoms with Crippen molar-refractivity contribution in [1.29, 1.82) is 0 Å². The van der Waals surface area contributed by atoms with Crippen molar-refractivity contribution in [2.75, 3.05) is 20.1 Å². The van der Waals surface area contributed by atoms with E-state index < -0.39 is 0 Å². The Balaban J connectivity index is 2.04. The average molecular weight is 155 g/mol. The maximum atomic E-state index is 2.48. The highest BCUT2D eigenvalue weighted by Crippen LogP contribution is 2.26. The van der Waals surface area contributed by atoms with Gasteiger partial charge in [-0.25, -0.2) is 0 Å². The topological polar surface area (TPSA) is 3.24 Å². The van der Waals surface area contributed by atoms with E-state index in [0.29, 0.717) is 0 Å². The van der Waals surface area contributed by atoms with Gasteiger partial charge in [0, 0.05) is 13.1 Å². The maximum absolute atomic E-state index is 2.48. The van der Waals surface area contributed by atoms with Crippen LogP contribution in [0.1, 0.15) is 33.1 Å². The minimum atomic E-state index is 0.820. The van der Waals surface area contributed by atoms with Gasteiger partial charge in [-0.15, -0.1) is 0 Å². The monoisotopic (exact) mass is 155 g/mol. The lowest BCUT2D eigenvalue weighted by atomic mass is 9.85. The van der Waals surface area contributed by atoms with Gasteiger partial charge in [0.15, 0.2) is 0 Å². The second-order valence-corrected chi connectivity index (χ2v) is 4.41. The highest BCUT2D eigenvalue weighted by molar-refractivity contribution is 4.72. The fourth-order valence-electron chi connectivity index (χ4n) is 1.81. The summed E-state index contributed by atoms with van der Waals surface area (Å²) in [4.78, 5) is 2.48. The fourth-order valence-corrected chi connectivity index (χ4v) is 1.81. The van der Waals surface area contributed by atoms with E-state index in [2.05, 4.69) is 25.8 Å². The number of rotatable bonds is 4. The first-order valence-electron chi connectivity index (χ1n) is 4.87. The van der Waals surface area contributed by atoms with Crippen LogP contribution in [0.15, 0.2) is 0 Å². The molecule has 0 spiro atoms. The maximum Gasteiger partial charge on any atom is 0.000672 e. The lowest BCUT2D eigenvalue weighted by Gasteiger charge is -2.30. The van der Waals surface area contributed by atoms with Crippen molar-refractivity contribution in [2.24, 2.45) is 11.8 Å². The van der Waals surface area contributed by atoms with E-state index >= 15 is 0 Å². The zero-order valence-corrected chi connectivity index (χ0v) is 8.14. The molecule has 0 aliphatic heterocycles. The Morgan fingerprint density at radius 3 is 2.36 bits per heavy atom. The third kappa shape index (κ3) is 3.24. The molecule has 0 atom stereocenters. The molecule has 1 nitrogen and oxygen atoms in total. The molecule has 1 aliphatic rings. The summed E-state index contributed by atoms with van der Waals surface area (Å²) < 4.78 is 0. The van der Waals surface area contributed by atoms with Gasteiger partial charge in [0.05, 0.1) is 0 Å². The molecule has 0 aromatic carbocycles. The highest BCUT2D eigenvalue weighted by atomic mass is 15.1. The minimum absolute atomic E-state index is 0.820. The summed E-state index contributed by atoms with van der Waals surface area (Å²) in [5, 5.41) is 0.